The highest BCUT2D eigenvalue weighted by Gasteiger charge is 2.29. The maximum Gasteiger partial charge on any atom is 0.120 e. The summed E-state index contributed by atoms with van der Waals surface area (Å²) in [7, 11) is 0. The maximum absolute atomic E-state index is 9.21. The monoisotopic (exact) mass is 195 g/mol. The minimum absolute atomic E-state index is 0.255. The molecule has 78 valence electrons. The molecule has 2 atom stereocenters. The zero-order valence-corrected chi connectivity index (χ0v) is 8.52. The largest absolute Gasteiger partial charge is 0.468 e. The predicted molar refractivity (Wildman–Crippen MR) is 53.9 cm³/mol. The Morgan fingerprint density at radius 2 is 2.57 bits per heavy atom. The Bertz CT molecular complexity index is 271. The molecule has 3 nitrogen and oxygen atoms in total. The minimum Gasteiger partial charge on any atom is -0.468 e. The normalized spacial score (nSPS) is 25.4. The summed E-state index contributed by atoms with van der Waals surface area (Å²) in [6.45, 7) is 3.45. The zero-order chi connectivity index (χ0) is 9.97. The minimum atomic E-state index is 0.255. The van der Waals surface area contributed by atoms with E-state index in [1.54, 1.807) is 6.26 Å². The van der Waals surface area contributed by atoms with Crippen molar-refractivity contribution >= 4 is 0 Å². The molecule has 1 N–H and O–H groups in total. The van der Waals surface area contributed by atoms with E-state index in [4.69, 9.17) is 4.42 Å². The molecule has 2 rings (SSSR count). The first kappa shape index (κ1) is 9.74. The van der Waals surface area contributed by atoms with E-state index in [-0.39, 0.29) is 12.6 Å². The van der Waals surface area contributed by atoms with Gasteiger partial charge in [0, 0.05) is 6.04 Å². The van der Waals surface area contributed by atoms with Crippen LogP contribution in [0.25, 0.3) is 0 Å². The summed E-state index contributed by atoms with van der Waals surface area (Å²) in [5.41, 5.74) is 0. The number of nitrogens with zero attached hydrogens (tertiary/aromatic N) is 1. The van der Waals surface area contributed by atoms with Crippen molar-refractivity contribution in [1.29, 1.82) is 0 Å². The van der Waals surface area contributed by atoms with Crippen molar-refractivity contribution in [1.82, 2.24) is 4.90 Å². The first-order valence-corrected chi connectivity index (χ1v) is 5.23. The van der Waals surface area contributed by atoms with Crippen molar-refractivity contribution in [3.05, 3.63) is 24.2 Å². The number of aliphatic hydroxyl groups is 1. The van der Waals surface area contributed by atoms with Crippen molar-refractivity contribution < 1.29 is 9.52 Å². The number of aliphatic hydroxyl groups excluding tert-OH is 1. The van der Waals surface area contributed by atoms with E-state index in [0.717, 1.165) is 18.7 Å². The zero-order valence-electron chi connectivity index (χ0n) is 8.52. The van der Waals surface area contributed by atoms with Crippen LogP contribution in [0, 0.1) is 0 Å². The third-order valence-corrected chi connectivity index (χ3v) is 3.09. The SMILES string of the molecule is C[C@@H](c1ccco1)N1CCC[C@@H]1CO. The van der Waals surface area contributed by atoms with Gasteiger partial charge in [-0.15, -0.1) is 0 Å². The Hall–Kier alpha value is -0.800. The smallest absolute Gasteiger partial charge is 0.120 e. The van der Waals surface area contributed by atoms with Crippen LogP contribution in [-0.4, -0.2) is 29.2 Å². The first-order chi connectivity index (χ1) is 6.83. The number of furan rings is 1. The van der Waals surface area contributed by atoms with Crippen LogP contribution in [0.2, 0.25) is 0 Å². The molecule has 1 fully saturated rings. The second-order valence-corrected chi connectivity index (χ2v) is 3.91. The highest BCUT2D eigenvalue weighted by atomic mass is 16.3. The van der Waals surface area contributed by atoms with E-state index < -0.39 is 0 Å². The molecule has 2 heterocycles. The first-order valence-electron chi connectivity index (χ1n) is 5.23. The molecule has 0 bridgehead atoms. The maximum atomic E-state index is 9.21. The Morgan fingerprint density at radius 1 is 1.71 bits per heavy atom. The third-order valence-electron chi connectivity index (χ3n) is 3.09. The lowest BCUT2D eigenvalue weighted by atomic mass is 10.2. The van der Waals surface area contributed by atoms with Gasteiger partial charge in [-0.3, -0.25) is 4.90 Å². The second-order valence-electron chi connectivity index (χ2n) is 3.91. The van der Waals surface area contributed by atoms with Crippen LogP contribution in [0.3, 0.4) is 0 Å². The molecule has 0 radical (unpaired) electrons. The van der Waals surface area contributed by atoms with Gasteiger partial charge in [0.2, 0.25) is 0 Å². The lowest BCUT2D eigenvalue weighted by molar-refractivity contribution is 0.116. The molecule has 1 aromatic heterocycles. The summed E-state index contributed by atoms with van der Waals surface area (Å²) in [5, 5.41) is 9.21. The van der Waals surface area contributed by atoms with Gasteiger partial charge in [-0.2, -0.15) is 0 Å². The van der Waals surface area contributed by atoms with E-state index >= 15 is 0 Å². The molecule has 1 aromatic rings. The molecule has 0 spiro atoms. The fraction of sp³-hybridized carbons (Fsp3) is 0.636. The Morgan fingerprint density at radius 3 is 3.21 bits per heavy atom. The molecule has 3 heteroatoms. The van der Waals surface area contributed by atoms with Crippen LogP contribution in [-0.2, 0) is 0 Å². The molecule has 1 aliphatic heterocycles. The van der Waals surface area contributed by atoms with E-state index in [1.807, 2.05) is 12.1 Å². The molecule has 0 unspecified atom stereocenters. The summed E-state index contributed by atoms with van der Waals surface area (Å²) in [5.74, 6) is 0.991. The van der Waals surface area contributed by atoms with Crippen molar-refractivity contribution in [2.24, 2.45) is 0 Å². The van der Waals surface area contributed by atoms with Crippen LogP contribution in [0.5, 0.6) is 0 Å². The summed E-state index contributed by atoms with van der Waals surface area (Å²) in [4.78, 5) is 2.32. The third kappa shape index (κ3) is 1.70. The lowest BCUT2D eigenvalue weighted by Crippen LogP contribution is -2.34. The average molecular weight is 195 g/mol. The van der Waals surface area contributed by atoms with Crippen molar-refractivity contribution in [2.45, 2.75) is 31.8 Å². The van der Waals surface area contributed by atoms with E-state index in [0.29, 0.717) is 6.04 Å². The summed E-state index contributed by atoms with van der Waals surface area (Å²) in [6, 6.07) is 4.51. The fourth-order valence-electron chi connectivity index (χ4n) is 2.26. The number of hydrogen-bond acceptors (Lipinski definition) is 3. The topological polar surface area (TPSA) is 36.6 Å². The van der Waals surface area contributed by atoms with Crippen LogP contribution < -0.4 is 0 Å². The molecule has 1 saturated heterocycles. The van der Waals surface area contributed by atoms with E-state index in [2.05, 4.69) is 11.8 Å². The van der Waals surface area contributed by atoms with Gasteiger partial charge in [0.25, 0.3) is 0 Å². The molecule has 1 aliphatic rings. The standard InChI is InChI=1S/C11H17NO2/c1-9(11-5-3-7-14-11)12-6-2-4-10(12)8-13/h3,5,7,9-10,13H,2,4,6,8H2,1H3/t9-,10+/m0/s1. The lowest BCUT2D eigenvalue weighted by Gasteiger charge is -2.27. The average Bonchev–Trinajstić information content (AvgIpc) is 2.87. The van der Waals surface area contributed by atoms with Gasteiger partial charge < -0.3 is 9.52 Å². The van der Waals surface area contributed by atoms with Crippen molar-refractivity contribution in [3.8, 4) is 0 Å². The molecule has 0 amide bonds. The second kappa shape index (κ2) is 4.15. The fourth-order valence-corrected chi connectivity index (χ4v) is 2.26. The van der Waals surface area contributed by atoms with Gasteiger partial charge in [-0.1, -0.05) is 0 Å². The molecule has 0 aromatic carbocycles. The van der Waals surface area contributed by atoms with Gasteiger partial charge in [-0.25, -0.2) is 0 Å². The van der Waals surface area contributed by atoms with Gasteiger partial charge in [0.15, 0.2) is 0 Å². The Kier molecular flexibility index (Phi) is 2.89. The predicted octanol–water partition coefficient (Wildman–Crippen LogP) is 1.80. The van der Waals surface area contributed by atoms with Crippen LogP contribution in [0.15, 0.2) is 22.8 Å². The molecule has 0 saturated carbocycles. The van der Waals surface area contributed by atoms with Gasteiger partial charge in [-0.05, 0) is 38.4 Å². The number of rotatable bonds is 3. The highest BCUT2D eigenvalue weighted by molar-refractivity contribution is 5.05. The van der Waals surface area contributed by atoms with Crippen molar-refractivity contribution in [3.63, 3.8) is 0 Å². The number of hydrogen-bond donors (Lipinski definition) is 1. The number of likely N-dealkylation sites (tertiary alicyclic amines) is 1. The summed E-state index contributed by atoms with van der Waals surface area (Å²) in [6.07, 6.45) is 3.98. The van der Waals surface area contributed by atoms with Crippen LogP contribution in [0.1, 0.15) is 31.6 Å². The molecular weight excluding hydrogens is 178 g/mol. The molecular formula is C11H17NO2. The Labute approximate surface area is 84.3 Å². The summed E-state index contributed by atoms with van der Waals surface area (Å²) < 4.78 is 5.38. The van der Waals surface area contributed by atoms with Crippen LogP contribution in [0.4, 0.5) is 0 Å². The molecule has 14 heavy (non-hydrogen) atoms. The van der Waals surface area contributed by atoms with Gasteiger partial charge in [0.1, 0.15) is 5.76 Å². The van der Waals surface area contributed by atoms with Gasteiger partial charge >= 0.3 is 0 Å². The molecule has 0 aliphatic carbocycles. The van der Waals surface area contributed by atoms with Crippen LogP contribution >= 0.6 is 0 Å². The van der Waals surface area contributed by atoms with E-state index in [1.165, 1.54) is 6.42 Å². The summed E-state index contributed by atoms with van der Waals surface area (Å²) >= 11 is 0. The van der Waals surface area contributed by atoms with E-state index in [9.17, 15) is 5.11 Å². The Balaban J connectivity index is 2.07. The van der Waals surface area contributed by atoms with Crippen molar-refractivity contribution in [2.75, 3.05) is 13.2 Å². The van der Waals surface area contributed by atoms with Gasteiger partial charge in [0.05, 0.1) is 18.9 Å². The quantitative estimate of drug-likeness (QED) is 0.799. The highest BCUT2D eigenvalue weighted by Crippen LogP contribution is 2.28.